The zero-order valence-electron chi connectivity index (χ0n) is 25.6. The van der Waals surface area contributed by atoms with Crippen molar-refractivity contribution in [2.45, 2.75) is 101 Å². The Morgan fingerprint density at radius 1 is 0.643 bits per heavy atom. The van der Waals surface area contributed by atoms with Crippen molar-refractivity contribution in [1.82, 2.24) is 0 Å². The SMILES string of the molecule is [B][C@@H]1O[C@H](CO)C=C1C.[B][C@@H]1O[C@H](CO)C=C1C.[B][C@@H]1O[C@H](CO)C=C1CCC[Si](C)(C)C.[B][C@@H]1O[C@H](CO)C=C1S. The fourth-order valence-corrected chi connectivity index (χ4v) is 5.57. The van der Waals surface area contributed by atoms with Crippen LogP contribution in [0.3, 0.4) is 0 Å². The van der Waals surface area contributed by atoms with Gasteiger partial charge in [0.15, 0.2) is 0 Å². The molecule has 8 nitrogen and oxygen atoms in total. The van der Waals surface area contributed by atoms with Crippen molar-refractivity contribution < 1.29 is 39.4 Å². The molecule has 4 N–H and O–H groups in total. The van der Waals surface area contributed by atoms with Crippen LogP contribution >= 0.6 is 12.6 Å². The normalized spacial score (nSPS) is 31.9. The van der Waals surface area contributed by atoms with Gasteiger partial charge < -0.3 is 39.4 Å². The fourth-order valence-electron chi connectivity index (χ4n) is 4.11. The van der Waals surface area contributed by atoms with E-state index in [1.165, 1.54) is 12.5 Å². The van der Waals surface area contributed by atoms with Crippen molar-refractivity contribution in [3.05, 3.63) is 45.9 Å². The Balaban J connectivity index is 0.000000288. The quantitative estimate of drug-likeness (QED) is 0.158. The molecule has 42 heavy (non-hydrogen) atoms. The molecule has 14 heteroatoms. The Morgan fingerprint density at radius 3 is 1.29 bits per heavy atom. The smallest absolute Gasteiger partial charge is 0.116 e. The number of thiol groups is 1. The molecule has 0 bridgehead atoms. The van der Waals surface area contributed by atoms with E-state index in [1.807, 2.05) is 32.1 Å². The molecule has 0 aliphatic carbocycles. The second-order valence-electron chi connectivity index (χ2n) is 11.7. The summed E-state index contributed by atoms with van der Waals surface area (Å²) in [5.41, 5.74) is 3.15. The monoisotopic (exact) mass is 614 g/mol. The van der Waals surface area contributed by atoms with E-state index in [0.717, 1.165) is 23.1 Å². The highest BCUT2D eigenvalue weighted by atomic mass is 32.1. The summed E-state index contributed by atoms with van der Waals surface area (Å²) < 4.78 is 20.4. The van der Waals surface area contributed by atoms with Crippen LogP contribution in [0.5, 0.6) is 0 Å². The number of ether oxygens (including phenoxy) is 4. The second-order valence-corrected chi connectivity index (χ2v) is 17.8. The fraction of sp³-hybridized carbons (Fsp3) is 0.714. The Morgan fingerprint density at radius 2 is 1.02 bits per heavy atom. The van der Waals surface area contributed by atoms with Gasteiger partial charge in [0.25, 0.3) is 0 Å². The topological polar surface area (TPSA) is 118 Å². The van der Waals surface area contributed by atoms with E-state index in [4.69, 9.17) is 70.8 Å². The highest BCUT2D eigenvalue weighted by Gasteiger charge is 2.23. The summed E-state index contributed by atoms with van der Waals surface area (Å²) in [5, 5.41) is 34.6. The van der Waals surface area contributed by atoms with Crippen molar-refractivity contribution in [2.75, 3.05) is 26.4 Å². The van der Waals surface area contributed by atoms with Gasteiger partial charge in [0.2, 0.25) is 0 Å². The van der Waals surface area contributed by atoms with Crippen LogP contribution in [0.1, 0.15) is 26.7 Å². The van der Waals surface area contributed by atoms with Crippen LogP contribution in [0.25, 0.3) is 0 Å². The van der Waals surface area contributed by atoms with Gasteiger partial charge in [-0.2, -0.15) is 0 Å². The molecular formula is C28H46B4O8SSi. The molecule has 0 saturated carbocycles. The van der Waals surface area contributed by atoms with E-state index in [0.29, 0.717) is 4.91 Å². The summed E-state index contributed by atoms with van der Waals surface area (Å²) in [6, 6.07) is -0.0144. The molecule has 0 aromatic carbocycles. The predicted octanol–water partition coefficient (Wildman–Crippen LogP) is 1.24. The van der Waals surface area contributed by atoms with Gasteiger partial charge in [-0.3, -0.25) is 0 Å². The van der Waals surface area contributed by atoms with Crippen molar-refractivity contribution >= 4 is 52.1 Å². The first-order valence-electron chi connectivity index (χ1n) is 14.2. The van der Waals surface area contributed by atoms with Crippen LogP contribution in [-0.2, 0) is 18.9 Å². The van der Waals surface area contributed by atoms with Gasteiger partial charge in [-0.1, -0.05) is 67.1 Å². The number of aliphatic hydroxyl groups is 4. The summed E-state index contributed by atoms with van der Waals surface area (Å²) in [7, 11) is 21.1. The van der Waals surface area contributed by atoms with Gasteiger partial charge in [0, 0.05) is 32.1 Å². The van der Waals surface area contributed by atoms with E-state index in [9.17, 15) is 0 Å². The Bertz CT molecular complexity index is 854. The van der Waals surface area contributed by atoms with Gasteiger partial charge in [-0.15, -0.1) is 12.6 Å². The molecule has 0 aromatic rings. The molecule has 8 atom stereocenters. The summed E-state index contributed by atoms with van der Waals surface area (Å²) in [5.74, 6) is 0. The average Bonchev–Trinajstić information content (AvgIpc) is 3.66. The first-order valence-corrected chi connectivity index (χ1v) is 18.3. The minimum absolute atomic E-state index is 0.0189. The highest BCUT2D eigenvalue weighted by molar-refractivity contribution is 7.84. The standard InChI is InChI=1S/C11H21BO2Si.2C6H9BO2.C5H7BO2S/c1-15(2,3)6-4-5-9-7-10(8-13)14-11(9)12;2*1-4-2-5(3-8)9-6(4)7;6-5-4(9)1-3(2-7)8-5/h7,10-11,13H,4-6,8H2,1-3H3;2*2,5-6,8H,3H2,1H3;1,3,5,7,9H,2H2/t10-,11+;2*5-,6+;3-,5+/m0000/s1. The summed E-state index contributed by atoms with van der Waals surface area (Å²) in [6.07, 6.45) is 8.77. The second kappa shape index (κ2) is 19.8. The van der Waals surface area contributed by atoms with Crippen LogP contribution in [0.15, 0.2) is 45.9 Å². The van der Waals surface area contributed by atoms with Crippen molar-refractivity contribution in [3.63, 3.8) is 0 Å². The molecule has 4 heterocycles. The van der Waals surface area contributed by atoms with Crippen LogP contribution < -0.4 is 0 Å². The predicted molar refractivity (Wildman–Crippen MR) is 176 cm³/mol. The van der Waals surface area contributed by atoms with Crippen molar-refractivity contribution in [3.8, 4) is 0 Å². The number of hydrogen-bond acceptors (Lipinski definition) is 9. The van der Waals surface area contributed by atoms with Gasteiger partial charge in [0.05, 0.1) is 50.8 Å². The Labute approximate surface area is 264 Å². The largest absolute Gasteiger partial charge is 0.393 e. The van der Waals surface area contributed by atoms with Gasteiger partial charge in [0.1, 0.15) is 31.4 Å². The third kappa shape index (κ3) is 15.0. The third-order valence-corrected chi connectivity index (χ3v) is 8.86. The average molecular weight is 614 g/mol. The molecule has 4 rings (SSSR count). The highest BCUT2D eigenvalue weighted by Crippen LogP contribution is 2.24. The van der Waals surface area contributed by atoms with Crippen LogP contribution in [0.4, 0.5) is 0 Å². The molecule has 0 unspecified atom stereocenters. The van der Waals surface area contributed by atoms with E-state index < -0.39 is 14.1 Å². The first kappa shape index (κ1) is 39.5. The summed E-state index contributed by atoms with van der Waals surface area (Å²) >= 11 is 4.00. The van der Waals surface area contributed by atoms with Crippen molar-refractivity contribution in [2.24, 2.45) is 0 Å². The van der Waals surface area contributed by atoms with E-state index >= 15 is 0 Å². The van der Waals surface area contributed by atoms with E-state index in [2.05, 4.69) is 32.3 Å². The lowest BCUT2D eigenvalue weighted by Gasteiger charge is -2.16. The lowest BCUT2D eigenvalue weighted by atomic mass is 9.90. The molecule has 228 valence electrons. The number of rotatable bonds is 8. The minimum Gasteiger partial charge on any atom is -0.393 e. The maximum absolute atomic E-state index is 8.94. The van der Waals surface area contributed by atoms with Gasteiger partial charge in [-0.25, -0.2) is 0 Å². The van der Waals surface area contributed by atoms with Crippen LogP contribution in [-0.4, -0.2) is 135 Å². The molecule has 0 fully saturated rings. The molecule has 8 radical (unpaired) electrons. The molecule has 0 amide bonds. The lowest BCUT2D eigenvalue weighted by molar-refractivity contribution is 0.0553. The lowest BCUT2D eigenvalue weighted by Crippen LogP contribution is -2.19. The van der Waals surface area contributed by atoms with E-state index in [1.54, 1.807) is 6.08 Å². The summed E-state index contributed by atoms with van der Waals surface area (Å²) in [6.45, 7) is 11.0. The maximum atomic E-state index is 8.94. The van der Waals surface area contributed by atoms with E-state index in [-0.39, 0.29) is 68.9 Å². The van der Waals surface area contributed by atoms with Gasteiger partial charge in [-0.05, 0) is 31.2 Å². The summed E-state index contributed by atoms with van der Waals surface area (Å²) in [4.78, 5) is 0.689. The van der Waals surface area contributed by atoms with Gasteiger partial charge >= 0.3 is 0 Å². The molecule has 0 aromatic heterocycles. The molecule has 0 spiro atoms. The maximum Gasteiger partial charge on any atom is 0.116 e. The van der Waals surface area contributed by atoms with Crippen molar-refractivity contribution in [1.29, 1.82) is 0 Å². The zero-order chi connectivity index (χ0) is 32.0. The minimum atomic E-state index is -0.935. The van der Waals surface area contributed by atoms with Crippen LogP contribution in [0.2, 0.25) is 25.7 Å². The number of hydrogen-bond donors (Lipinski definition) is 5. The number of aliphatic hydroxyl groups excluding tert-OH is 4. The Kier molecular flexibility index (Phi) is 18.6. The third-order valence-electron chi connectivity index (χ3n) is 6.61. The molecule has 0 saturated heterocycles. The first-order chi connectivity index (χ1) is 19.6. The molecule has 4 aliphatic heterocycles. The molecular weight excluding hydrogens is 568 g/mol. The Hall–Kier alpha value is -0.533. The zero-order valence-corrected chi connectivity index (χ0v) is 27.5. The molecule has 4 aliphatic rings. The van der Waals surface area contributed by atoms with Crippen LogP contribution in [0, 0.1) is 0 Å².